The van der Waals surface area contributed by atoms with Gasteiger partial charge in [0.1, 0.15) is 0 Å². The van der Waals surface area contributed by atoms with Crippen molar-refractivity contribution in [3.8, 4) is 17.1 Å². The van der Waals surface area contributed by atoms with Gasteiger partial charge in [-0.05, 0) is 55.4 Å². The summed E-state index contributed by atoms with van der Waals surface area (Å²) in [4.78, 5) is 23.7. The largest absolute Gasteiger partial charge is 0.467 e. The first-order valence-corrected chi connectivity index (χ1v) is 14.2. The molecular weight excluding hydrogens is 502 g/mol. The molecule has 2 aromatic carbocycles. The van der Waals surface area contributed by atoms with Crippen LogP contribution in [-0.4, -0.2) is 63.3 Å². The predicted molar refractivity (Wildman–Crippen MR) is 157 cm³/mol. The molecule has 1 saturated heterocycles. The number of amides is 1. The number of aliphatic hydroxyl groups is 1. The molecule has 0 radical (unpaired) electrons. The Balaban J connectivity index is 1.22. The van der Waals surface area contributed by atoms with Crippen LogP contribution in [0, 0.1) is 6.92 Å². The lowest BCUT2D eigenvalue weighted by Crippen LogP contribution is -2.42. The highest BCUT2D eigenvalue weighted by Gasteiger charge is 2.29. The first-order valence-electron chi connectivity index (χ1n) is 14.2. The van der Waals surface area contributed by atoms with E-state index in [0.717, 1.165) is 42.6 Å². The molecule has 8 nitrogen and oxygen atoms in total. The number of aryl methyl sites for hydroxylation is 2. The van der Waals surface area contributed by atoms with E-state index < -0.39 is 0 Å². The number of methoxy groups -OCH3 is 1. The second-order valence-corrected chi connectivity index (χ2v) is 10.8. The van der Waals surface area contributed by atoms with Gasteiger partial charge in [0.2, 0.25) is 5.91 Å². The first-order chi connectivity index (χ1) is 19.5. The molecule has 0 bridgehead atoms. The highest BCUT2D eigenvalue weighted by atomic mass is 16.5. The molecule has 0 saturated carbocycles. The summed E-state index contributed by atoms with van der Waals surface area (Å²) in [6.45, 7) is 4.62. The summed E-state index contributed by atoms with van der Waals surface area (Å²) < 4.78 is 7.40. The lowest BCUT2D eigenvalue weighted by atomic mass is 9.91. The zero-order chi connectivity index (χ0) is 28.1. The van der Waals surface area contributed by atoms with Crippen LogP contribution in [0.15, 0.2) is 60.9 Å². The third kappa shape index (κ3) is 6.03. The molecule has 0 aliphatic carbocycles. The van der Waals surface area contributed by atoms with Gasteiger partial charge in [-0.3, -0.25) is 4.79 Å². The Morgan fingerprint density at radius 1 is 1.12 bits per heavy atom. The Hall–Kier alpha value is -3.75. The third-order valence-electron chi connectivity index (χ3n) is 8.01. The molecule has 2 atom stereocenters. The molecule has 2 aromatic heterocycles. The fraction of sp³-hybridized carbons (Fsp3) is 0.406. The van der Waals surface area contributed by atoms with Crippen LogP contribution < -0.4 is 10.5 Å². The van der Waals surface area contributed by atoms with Gasteiger partial charge in [0.05, 0.1) is 7.11 Å². The van der Waals surface area contributed by atoms with E-state index >= 15 is 0 Å². The van der Waals surface area contributed by atoms with Crippen molar-refractivity contribution in [2.45, 2.75) is 57.5 Å². The van der Waals surface area contributed by atoms with E-state index in [9.17, 15) is 9.90 Å². The van der Waals surface area contributed by atoms with Crippen molar-refractivity contribution < 1.29 is 14.6 Å². The summed E-state index contributed by atoms with van der Waals surface area (Å²) in [6, 6.07) is 16.7. The number of rotatable bonds is 10. The normalized spacial score (nSPS) is 16.3. The van der Waals surface area contributed by atoms with Crippen LogP contribution in [0.5, 0.6) is 6.01 Å². The van der Waals surface area contributed by atoms with Crippen LogP contribution in [-0.2, 0) is 17.8 Å². The van der Waals surface area contributed by atoms with E-state index in [-0.39, 0.29) is 24.5 Å². The standard InChI is InChI=1S/C32H39N5O3/c1-22-28-8-3-4-9-29(28)37(15-6-16-38)31(22)25-7-5-14-36(21-25)30(39)18-27(33)17-23-10-12-24(13-11-23)26-19-34-32(40-2)35-20-26/h3-4,8-13,19-20,25,27,38H,5-7,14-18,21,33H2,1-2H3. The van der Waals surface area contributed by atoms with Gasteiger partial charge in [0.25, 0.3) is 0 Å². The molecule has 3 heterocycles. The van der Waals surface area contributed by atoms with Gasteiger partial charge < -0.3 is 25.0 Å². The molecule has 40 heavy (non-hydrogen) atoms. The summed E-state index contributed by atoms with van der Waals surface area (Å²) in [7, 11) is 1.54. The van der Waals surface area contributed by atoms with E-state index in [1.165, 1.54) is 22.2 Å². The van der Waals surface area contributed by atoms with Gasteiger partial charge in [-0.2, -0.15) is 0 Å². The van der Waals surface area contributed by atoms with Crippen molar-refractivity contribution in [1.29, 1.82) is 0 Å². The van der Waals surface area contributed by atoms with Crippen molar-refractivity contribution in [3.05, 3.63) is 77.7 Å². The zero-order valence-electron chi connectivity index (χ0n) is 23.4. The van der Waals surface area contributed by atoms with Crippen LogP contribution >= 0.6 is 0 Å². The van der Waals surface area contributed by atoms with Gasteiger partial charge in [-0.15, -0.1) is 0 Å². The number of para-hydroxylation sites is 1. The number of aromatic nitrogens is 3. The third-order valence-corrected chi connectivity index (χ3v) is 8.01. The second-order valence-electron chi connectivity index (χ2n) is 10.8. The molecule has 0 spiro atoms. The van der Waals surface area contributed by atoms with Gasteiger partial charge in [-0.25, -0.2) is 9.97 Å². The Labute approximate surface area is 235 Å². The lowest BCUT2D eigenvalue weighted by Gasteiger charge is -2.34. The Morgan fingerprint density at radius 2 is 1.88 bits per heavy atom. The minimum atomic E-state index is -0.249. The number of aliphatic hydroxyl groups excluding tert-OH is 1. The number of hydrogen-bond donors (Lipinski definition) is 2. The molecule has 4 aromatic rings. The summed E-state index contributed by atoms with van der Waals surface area (Å²) >= 11 is 0. The molecular formula is C32H39N5O3. The molecule has 8 heteroatoms. The van der Waals surface area contributed by atoms with Gasteiger partial charge >= 0.3 is 6.01 Å². The number of benzene rings is 2. The molecule has 1 aliphatic rings. The van der Waals surface area contributed by atoms with E-state index in [0.29, 0.717) is 31.8 Å². The molecule has 2 unspecified atom stereocenters. The maximum atomic E-state index is 13.4. The zero-order valence-corrected chi connectivity index (χ0v) is 23.4. The van der Waals surface area contributed by atoms with Crippen LogP contribution in [0.3, 0.4) is 0 Å². The summed E-state index contributed by atoms with van der Waals surface area (Å²) in [5.74, 6) is 0.398. The van der Waals surface area contributed by atoms with E-state index in [1.807, 2.05) is 17.0 Å². The van der Waals surface area contributed by atoms with Crippen molar-refractivity contribution >= 4 is 16.8 Å². The number of piperidine rings is 1. The number of nitrogens with zero attached hydrogens (tertiary/aromatic N) is 4. The van der Waals surface area contributed by atoms with Crippen LogP contribution in [0.2, 0.25) is 0 Å². The minimum Gasteiger partial charge on any atom is -0.467 e. The quantitative estimate of drug-likeness (QED) is 0.307. The number of fused-ring (bicyclic) bond motifs is 1. The molecule has 3 N–H and O–H groups in total. The number of nitrogens with two attached hydrogens (primary N) is 1. The van der Waals surface area contributed by atoms with Crippen LogP contribution in [0.4, 0.5) is 0 Å². The maximum Gasteiger partial charge on any atom is 0.316 e. The SMILES string of the molecule is COc1ncc(-c2ccc(CC(N)CC(=O)N3CCCC(c4c(C)c5ccccc5n4CCCO)C3)cc2)cn1. The Kier molecular flexibility index (Phi) is 8.77. The second kappa shape index (κ2) is 12.6. The van der Waals surface area contributed by atoms with Crippen molar-refractivity contribution in [2.24, 2.45) is 5.73 Å². The summed E-state index contributed by atoms with van der Waals surface area (Å²) in [5.41, 5.74) is 13.3. The fourth-order valence-corrected chi connectivity index (χ4v) is 6.05. The highest BCUT2D eigenvalue weighted by Crippen LogP contribution is 2.36. The number of carbonyl (C=O) groups is 1. The number of ether oxygens (including phenoxy) is 1. The Bertz CT molecular complexity index is 1430. The number of carbonyl (C=O) groups excluding carboxylic acids is 1. The summed E-state index contributed by atoms with van der Waals surface area (Å²) in [6.07, 6.45) is 7.19. The molecule has 210 valence electrons. The molecule has 5 rings (SSSR count). The summed E-state index contributed by atoms with van der Waals surface area (Å²) in [5, 5.41) is 10.8. The smallest absolute Gasteiger partial charge is 0.316 e. The average Bonchev–Trinajstić information content (AvgIpc) is 3.27. The molecule has 1 fully saturated rings. The molecule has 1 amide bonds. The van der Waals surface area contributed by atoms with E-state index in [1.54, 1.807) is 19.5 Å². The van der Waals surface area contributed by atoms with Crippen LogP contribution in [0.25, 0.3) is 22.0 Å². The van der Waals surface area contributed by atoms with Gasteiger partial charge in [0.15, 0.2) is 0 Å². The molecule has 1 aliphatic heterocycles. The lowest BCUT2D eigenvalue weighted by molar-refractivity contribution is -0.132. The topological polar surface area (TPSA) is 106 Å². The monoisotopic (exact) mass is 541 g/mol. The van der Waals surface area contributed by atoms with Crippen molar-refractivity contribution in [1.82, 2.24) is 19.4 Å². The van der Waals surface area contributed by atoms with E-state index in [4.69, 9.17) is 10.5 Å². The Morgan fingerprint density at radius 3 is 2.60 bits per heavy atom. The number of hydrogen-bond acceptors (Lipinski definition) is 6. The highest BCUT2D eigenvalue weighted by molar-refractivity contribution is 5.85. The first kappa shape index (κ1) is 27.8. The maximum absolute atomic E-state index is 13.4. The minimum absolute atomic E-state index is 0.125. The van der Waals surface area contributed by atoms with Crippen molar-refractivity contribution in [3.63, 3.8) is 0 Å². The fourth-order valence-electron chi connectivity index (χ4n) is 6.05. The number of likely N-dealkylation sites (tertiary alicyclic amines) is 1. The van der Waals surface area contributed by atoms with Crippen molar-refractivity contribution in [2.75, 3.05) is 26.8 Å². The van der Waals surface area contributed by atoms with Gasteiger partial charge in [0, 0.05) is 79.2 Å². The van der Waals surface area contributed by atoms with Crippen LogP contribution in [0.1, 0.15) is 48.4 Å². The van der Waals surface area contributed by atoms with E-state index in [2.05, 4.69) is 57.9 Å². The van der Waals surface area contributed by atoms with Gasteiger partial charge in [-0.1, -0.05) is 42.5 Å². The average molecular weight is 542 g/mol. The predicted octanol–water partition coefficient (Wildman–Crippen LogP) is 4.46.